The number of halogens is 2. The molecule has 3 rings (SSSR count). The van der Waals surface area contributed by atoms with Gasteiger partial charge in [-0.1, -0.05) is 28.9 Å². The Morgan fingerprint density at radius 1 is 1.54 bits per heavy atom. The van der Waals surface area contributed by atoms with Gasteiger partial charge in [0, 0.05) is 46.6 Å². The maximum atomic E-state index is 5.96. The molecule has 1 fully saturated rings. The summed E-state index contributed by atoms with van der Waals surface area (Å²) in [6.45, 7) is 6.09. The second-order valence-electron chi connectivity index (χ2n) is 6.53. The molecule has 0 spiro atoms. The van der Waals surface area contributed by atoms with Gasteiger partial charge in [0.25, 0.3) is 0 Å². The minimum Gasteiger partial charge on any atom is -0.374 e. The number of benzene rings is 1. The van der Waals surface area contributed by atoms with E-state index in [0.29, 0.717) is 11.8 Å². The van der Waals surface area contributed by atoms with Crippen molar-refractivity contribution in [3.8, 4) is 0 Å². The third kappa shape index (κ3) is 3.88. The van der Waals surface area contributed by atoms with Gasteiger partial charge in [0.05, 0.1) is 6.10 Å². The standard InChI is InChI=1S/C19H24BrClN2O/c1-12-6-8-24-19(12)14(5-7-21)10-22-13(2)17-11-23-18-4-3-15(20)9-16(17)18/h3-5,9,11-13,19,22-23H,6-8,10H2,1-2H3/b14-5+/t12?,13-,19?/m1/s1. The molecular weight excluding hydrogens is 388 g/mol. The summed E-state index contributed by atoms with van der Waals surface area (Å²) in [5.41, 5.74) is 3.70. The number of alkyl halides is 1. The first-order valence-electron chi connectivity index (χ1n) is 8.46. The van der Waals surface area contributed by atoms with Crippen molar-refractivity contribution in [2.75, 3.05) is 19.0 Å². The fraction of sp³-hybridized carbons (Fsp3) is 0.474. The van der Waals surface area contributed by atoms with Gasteiger partial charge in [-0.3, -0.25) is 0 Å². The Bertz CT molecular complexity index is 727. The molecular formula is C19H24BrClN2O. The predicted molar refractivity (Wildman–Crippen MR) is 105 cm³/mol. The van der Waals surface area contributed by atoms with E-state index in [1.54, 1.807) is 0 Å². The molecule has 130 valence electrons. The van der Waals surface area contributed by atoms with Crippen molar-refractivity contribution < 1.29 is 4.74 Å². The summed E-state index contributed by atoms with van der Waals surface area (Å²) in [5, 5.41) is 4.88. The molecule has 2 heterocycles. The Morgan fingerprint density at radius 2 is 2.38 bits per heavy atom. The highest BCUT2D eigenvalue weighted by Crippen LogP contribution is 2.29. The lowest BCUT2D eigenvalue weighted by molar-refractivity contribution is 0.119. The maximum Gasteiger partial charge on any atom is 0.0824 e. The number of ether oxygens (including phenoxy) is 1. The second kappa shape index (κ2) is 8.05. The van der Waals surface area contributed by atoms with Crippen LogP contribution in [0.2, 0.25) is 0 Å². The van der Waals surface area contributed by atoms with Gasteiger partial charge in [-0.25, -0.2) is 0 Å². The van der Waals surface area contributed by atoms with E-state index in [2.05, 4.69) is 70.6 Å². The van der Waals surface area contributed by atoms with Crippen LogP contribution in [0.1, 0.15) is 31.9 Å². The topological polar surface area (TPSA) is 37.0 Å². The van der Waals surface area contributed by atoms with Crippen LogP contribution in [-0.4, -0.2) is 30.1 Å². The number of H-pyrrole nitrogens is 1. The van der Waals surface area contributed by atoms with E-state index in [9.17, 15) is 0 Å². The Balaban J connectivity index is 1.72. The lowest BCUT2D eigenvalue weighted by Gasteiger charge is -2.21. The number of hydrogen-bond acceptors (Lipinski definition) is 2. The fourth-order valence-corrected chi connectivity index (χ4v) is 3.97. The SMILES string of the molecule is CC1CCOC1/C(=C/CCl)CN[C@H](C)c1c[nH]c2ccc(Br)cc12. The third-order valence-electron chi connectivity index (χ3n) is 4.85. The van der Waals surface area contributed by atoms with Crippen LogP contribution in [0.4, 0.5) is 0 Å². The van der Waals surface area contributed by atoms with Gasteiger partial charge in [-0.15, -0.1) is 11.6 Å². The normalized spacial score (nSPS) is 23.1. The zero-order valence-corrected chi connectivity index (χ0v) is 16.5. The van der Waals surface area contributed by atoms with E-state index in [1.807, 2.05) is 0 Å². The van der Waals surface area contributed by atoms with Gasteiger partial charge >= 0.3 is 0 Å². The van der Waals surface area contributed by atoms with Gasteiger partial charge in [-0.05, 0) is 48.6 Å². The van der Waals surface area contributed by atoms with E-state index >= 15 is 0 Å². The lowest BCUT2D eigenvalue weighted by Crippen LogP contribution is -2.28. The molecule has 0 amide bonds. The number of fused-ring (bicyclic) bond motifs is 1. The minimum atomic E-state index is 0.195. The third-order valence-corrected chi connectivity index (χ3v) is 5.49. The molecule has 0 saturated carbocycles. The summed E-state index contributed by atoms with van der Waals surface area (Å²) in [7, 11) is 0. The largest absolute Gasteiger partial charge is 0.374 e. The molecule has 1 aliphatic rings. The van der Waals surface area contributed by atoms with Gasteiger partial charge in [0.2, 0.25) is 0 Å². The molecule has 0 bridgehead atoms. The van der Waals surface area contributed by atoms with Crippen LogP contribution in [0.5, 0.6) is 0 Å². The molecule has 0 aliphatic carbocycles. The summed E-state index contributed by atoms with van der Waals surface area (Å²) >= 11 is 9.52. The van der Waals surface area contributed by atoms with Crippen molar-refractivity contribution in [3.05, 3.63) is 46.1 Å². The van der Waals surface area contributed by atoms with Crippen LogP contribution in [-0.2, 0) is 4.74 Å². The highest BCUT2D eigenvalue weighted by atomic mass is 79.9. The van der Waals surface area contributed by atoms with Crippen LogP contribution in [0.25, 0.3) is 10.9 Å². The fourth-order valence-electron chi connectivity index (χ4n) is 3.41. The van der Waals surface area contributed by atoms with Gasteiger partial charge in [0.15, 0.2) is 0 Å². The first kappa shape index (κ1) is 18.0. The number of nitrogens with one attached hydrogen (secondary N) is 2. The molecule has 24 heavy (non-hydrogen) atoms. The van der Waals surface area contributed by atoms with Crippen molar-refractivity contribution in [2.24, 2.45) is 5.92 Å². The van der Waals surface area contributed by atoms with E-state index in [0.717, 1.165) is 29.6 Å². The zero-order valence-electron chi connectivity index (χ0n) is 14.1. The summed E-state index contributed by atoms with van der Waals surface area (Å²) in [4.78, 5) is 3.35. The molecule has 1 aliphatic heterocycles. The molecule has 1 saturated heterocycles. The summed E-state index contributed by atoms with van der Waals surface area (Å²) in [5.74, 6) is 1.08. The van der Waals surface area contributed by atoms with E-state index in [-0.39, 0.29) is 12.1 Å². The number of allylic oxidation sites excluding steroid dienone is 1. The molecule has 0 radical (unpaired) electrons. The van der Waals surface area contributed by atoms with Crippen LogP contribution in [0, 0.1) is 5.92 Å². The lowest BCUT2D eigenvalue weighted by atomic mass is 9.96. The van der Waals surface area contributed by atoms with Crippen LogP contribution >= 0.6 is 27.5 Å². The Morgan fingerprint density at radius 3 is 3.08 bits per heavy atom. The molecule has 3 atom stereocenters. The van der Waals surface area contributed by atoms with Gasteiger partial charge in [0.1, 0.15) is 0 Å². The average molecular weight is 412 g/mol. The number of hydrogen-bond donors (Lipinski definition) is 2. The second-order valence-corrected chi connectivity index (χ2v) is 7.75. The Labute approximate surface area is 156 Å². The monoisotopic (exact) mass is 410 g/mol. The van der Waals surface area contributed by atoms with Crippen molar-refractivity contribution in [3.63, 3.8) is 0 Å². The Kier molecular flexibility index (Phi) is 6.03. The summed E-state index contributed by atoms with van der Waals surface area (Å²) in [6, 6.07) is 6.56. The van der Waals surface area contributed by atoms with Crippen LogP contribution < -0.4 is 5.32 Å². The molecule has 2 unspecified atom stereocenters. The maximum absolute atomic E-state index is 5.96. The first-order valence-corrected chi connectivity index (χ1v) is 9.79. The van der Waals surface area contributed by atoms with Gasteiger partial charge in [-0.2, -0.15) is 0 Å². The minimum absolute atomic E-state index is 0.195. The van der Waals surface area contributed by atoms with E-state index in [1.165, 1.54) is 16.5 Å². The van der Waals surface area contributed by atoms with Crippen molar-refractivity contribution >= 4 is 38.4 Å². The van der Waals surface area contributed by atoms with Crippen molar-refractivity contribution in [2.45, 2.75) is 32.4 Å². The smallest absolute Gasteiger partial charge is 0.0824 e. The van der Waals surface area contributed by atoms with Crippen LogP contribution in [0.3, 0.4) is 0 Å². The summed E-state index contributed by atoms with van der Waals surface area (Å²) < 4.78 is 7.01. The zero-order chi connectivity index (χ0) is 17.1. The van der Waals surface area contributed by atoms with E-state index in [4.69, 9.17) is 16.3 Å². The van der Waals surface area contributed by atoms with E-state index < -0.39 is 0 Å². The molecule has 1 aromatic heterocycles. The quantitative estimate of drug-likeness (QED) is 0.508. The molecule has 2 N–H and O–H groups in total. The van der Waals surface area contributed by atoms with Gasteiger partial charge < -0.3 is 15.0 Å². The molecule has 2 aromatic rings. The first-order chi connectivity index (χ1) is 11.6. The average Bonchev–Trinajstić information content (AvgIpc) is 3.17. The molecule has 5 heteroatoms. The van der Waals surface area contributed by atoms with Crippen molar-refractivity contribution in [1.29, 1.82) is 0 Å². The van der Waals surface area contributed by atoms with Crippen LogP contribution in [0.15, 0.2) is 40.5 Å². The highest BCUT2D eigenvalue weighted by Gasteiger charge is 2.27. The molecule has 3 nitrogen and oxygen atoms in total. The van der Waals surface area contributed by atoms with Crippen molar-refractivity contribution in [1.82, 2.24) is 10.3 Å². The summed E-state index contributed by atoms with van der Waals surface area (Å²) in [6.07, 6.45) is 5.50. The number of rotatable bonds is 6. The Hall–Kier alpha value is -0.810. The number of aromatic amines is 1. The molecule has 1 aromatic carbocycles. The predicted octanol–water partition coefficient (Wildman–Crippen LogP) is 5.17. The number of aromatic nitrogens is 1. The highest BCUT2D eigenvalue weighted by molar-refractivity contribution is 9.10.